The van der Waals surface area contributed by atoms with E-state index in [9.17, 15) is 9.59 Å². The highest BCUT2D eigenvalue weighted by Gasteiger charge is 2.47. The Bertz CT molecular complexity index is 584. The summed E-state index contributed by atoms with van der Waals surface area (Å²) in [6, 6.07) is 6.97. The molecule has 0 spiro atoms. The molecule has 1 amide bonds. The Labute approximate surface area is 126 Å². The molecule has 2 rings (SSSR count). The lowest BCUT2D eigenvalue weighted by Gasteiger charge is -2.28. The van der Waals surface area contributed by atoms with Crippen molar-refractivity contribution in [3.05, 3.63) is 29.8 Å². The fourth-order valence-corrected chi connectivity index (χ4v) is 2.61. The van der Waals surface area contributed by atoms with Crippen LogP contribution in [0.3, 0.4) is 0 Å². The van der Waals surface area contributed by atoms with Gasteiger partial charge in [0.25, 0.3) is 0 Å². The Kier molecular flexibility index (Phi) is 3.60. The van der Waals surface area contributed by atoms with Crippen LogP contribution in [0.25, 0.3) is 0 Å². The lowest BCUT2D eigenvalue weighted by atomic mass is 9.86. The van der Waals surface area contributed by atoms with Gasteiger partial charge in [-0.3, -0.25) is 9.69 Å². The summed E-state index contributed by atoms with van der Waals surface area (Å²) >= 11 is 0. The first kappa shape index (κ1) is 15.5. The van der Waals surface area contributed by atoms with Crippen LogP contribution in [0.2, 0.25) is 0 Å². The second kappa shape index (κ2) is 4.86. The molecule has 0 aliphatic carbocycles. The first-order valence-corrected chi connectivity index (χ1v) is 7.22. The minimum Gasteiger partial charge on any atom is -0.458 e. The Morgan fingerprint density at radius 1 is 1.24 bits per heavy atom. The second-order valence-corrected chi connectivity index (χ2v) is 7.03. The van der Waals surface area contributed by atoms with Crippen LogP contribution in [-0.2, 0) is 19.7 Å². The summed E-state index contributed by atoms with van der Waals surface area (Å²) in [5.74, 6) is -0.453. The van der Waals surface area contributed by atoms with Gasteiger partial charge >= 0.3 is 5.97 Å². The minimum atomic E-state index is -0.639. The highest BCUT2D eigenvalue weighted by molar-refractivity contribution is 6.10. The molecule has 0 radical (unpaired) electrons. The van der Waals surface area contributed by atoms with Crippen LogP contribution in [-0.4, -0.2) is 23.5 Å². The first-order chi connectivity index (χ1) is 9.55. The van der Waals surface area contributed by atoms with Crippen molar-refractivity contribution in [2.45, 2.75) is 58.6 Å². The van der Waals surface area contributed by atoms with E-state index in [1.165, 1.54) is 0 Å². The summed E-state index contributed by atoms with van der Waals surface area (Å²) < 4.78 is 5.41. The highest BCUT2D eigenvalue weighted by atomic mass is 16.6. The van der Waals surface area contributed by atoms with Crippen LogP contribution in [0.5, 0.6) is 0 Å². The predicted molar refractivity (Wildman–Crippen MR) is 82.3 cm³/mol. The molecule has 0 bridgehead atoms. The van der Waals surface area contributed by atoms with E-state index in [1.807, 2.05) is 58.9 Å². The monoisotopic (exact) mass is 289 g/mol. The molecule has 114 valence electrons. The molecule has 0 saturated carbocycles. The Morgan fingerprint density at radius 2 is 1.81 bits per heavy atom. The molecule has 0 fully saturated rings. The summed E-state index contributed by atoms with van der Waals surface area (Å²) in [7, 11) is 0. The average molecular weight is 289 g/mol. The third kappa shape index (κ3) is 2.67. The number of hydrogen-bond acceptors (Lipinski definition) is 3. The fraction of sp³-hybridized carbons (Fsp3) is 0.529. The van der Waals surface area contributed by atoms with Gasteiger partial charge in [0.2, 0.25) is 5.91 Å². The SMILES string of the molecule is CC(C(=O)OC(C)(C)C)N1C(=O)C(C)(C)c2ccccc21. The summed E-state index contributed by atoms with van der Waals surface area (Å²) in [5, 5.41) is 0. The number of para-hydroxylation sites is 1. The molecule has 21 heavy (non-hydrogen) atoms. The molecule has 1 aromatic carbocycles. The van der Waals surface area contributed by atoms with Crippen LogP contribution in [0.1, 0.15) is 47.1 Å². The van der Waals surface area contributed by atoms with Crippen molar-refractivity contribution >= 4 is 17.6 Å². The lowest BCUT2D eigenvalue weighted by molar-refractivity contribution is -0.156. The molecule has 1 aliphatic rings. The number of benzene rings is 1. The fourth-order valence-electron chi connectivity index (χ4n) is 2.61. The highest BCUT2D eigenvalue weighted by Crippen LogP contribution is 2.42. The molecule has 1 atom stereocenters. The van der Waals surface area contributed by atoms with Gasteiger partial charge in [-0.25, -0.2) is 4.79 Å². The predicted octanol–water partition coefficient (Wildman–Crippen LogP) is 3.04. The lowest BCUT2D eigenvalue weighted by Crippen LogP contribution is -2.47. The van der Waals surface area contributed by atoms with Gasteiger partial charge in [-0.1, -0.05) is 18.2 Å². The minimum absolute atomic E-state index is 0.0675. The summed E-state index contributed by atoms with van der Waals surface area (Å²) in [5.41, 5.74) is 0.562. The number of nitrogens with zero attached hydrogens (tertiary/aromatic N) is 1. The van der Waals surface area contributed by atoms with E-state index in [0.29, 0.717) is 0 Å². The number of ether oxygens (including phenoxy) is 1. The third-order valence-corrected chi connectivity index (χ3v) is 3.73. The van der Waals surface area contributed by atoms with Crippen molar-refractivity contribution in [3.8, 4) is 0 Å². The van der Waals surface area contributed by atoms with E-state index in [-0.39, 0.29) is 11.9 Å². The van der Waals surface area contributed by atoms with Crippen molar-refractivity contribution in [1.82, 2.24) is 0 Å². The third-order valence-electron chi connectivity index (χ3n) is 3.73. The maximum atomic E-state index is 12.7. The standard InChI is InChI=1S/C17H23NO3/c1-11(14(19)21-16(2,3)4)18-13-10-8-7-9-12(13)17(5,6)15(18)20/h7-11H,1-6H3. The van der Waals surface area contributed by atoms with Crippen molar-refractivity contribution in [2.24, 2.45) is 0 Å². The van der Waals surface area contributed by atoms with Crippen molar-refractivity contribution in [3.63, 3.8) is 0 Å². The molecule has 1 heterocycles. The molecule has 1 aliphatic heterocycles. The number of fused-ring (bicyclic) bond motifs is 1. The van der Waals surface area contributed by atoms with Gasteiger partial charge in [0.15, 0.2) is 0 Å². The molecule has 1 aromatic rings. The van der Waals surface area contributed by atoms with Gasteiger partial charge in [-0.05, 0) is 53.2 Å². The summed E-state index contributed by atoms with van der Waals surface area (Å²) in [6.07, 6.45) is 0. The number of carbonyl (C=O) groups is 2. The van der Waals surface area contributed by atoms with Crippen LogP contribution in [0, 0.1) is 0 Å². The number of rotatable bonds is 2. The van der Waals surface area contributed by atoms with Crippen LogP contribution >= 0.6 is 0 Å². The Morgan fingerprint density at radius 3 is 2.38 bits per heavy atom. The molecule has 0 saturated heterocycles. The van der Waals surface area contributed by atoms with Gasteiger partial charge in [-0.15, -0.1) is 0 Å². The first-order valence-electron chi connectivity index (χ1n) is 7.22. The molecular formula is C17H23NO3. The van der Waals surface area contributed by atoms with E-state index >= 15 is 0 Å². The normalized spacial score (nSPS) is 18.4. The number of hydrogen-bond donors (Lipinski definition) is 0. The largest absolute Gasteiger partial charge is 0.458 e. The van der Waals surface area contributed by atoms with Crippen LogP contribution < -0.4 is 4.90 Å². The van der Waals surface area contributed by atoms with Gasteiger partial charge in [0.1, 0.15) is 11.6 Å². The van der Waals surface area contributed by atoms with E-state index in [1.54, 1.807) is 11.8 Å². The van der Waals surface area contributed by atoms with Gasteiger partial charge in [0.05, 0.1) is 5.41 Å². The van der Waals surface area contributed by atoms with Crippen molar-refractivity contribution < 1.29 is 14.3 Å². The number of amides is 1. The van der Waals surface area contributed by atoms with E-state index < -0.39 is 17.1 Å². The second-order valence-electron chi connectivity index (χ2n) is 7.03. The zero-order chi connectivity index (χ0) is 16.0. The van der Waals surface area contributed by atoms with E-state index in [0.717, 1.165) is 11.3 Å². The van der Waals surface area contributed by atoms with Crippen molar-refractivity contribution in [1.29, 1.82) is 0 Å². The molecular weight excluding hydrogens is 266 g/mol. The molecule has 0 aromatic heterocycles. The van der Waals surface area contributed by atoms with Crippen LogP contribution in [0.4, 0.5) is 5.69 Å². The van der Waals surface area contributed by atoms with Gasteiger partial charge in [-0.2, -0.15) is 0 Å². The number of esters is 1. The Hall–Kier alpha value is -1.84. The maximum absolute atomic E-state index is 12.7. The summed E-state index contributed by atoms with van der Waals surface area (Å²) in [4.78, 5) is 26.6. The van der Waals surface area contributed by atoms with Crippen molar-refractivity contribution in [2.75, 3.05) is 4.90 Å². The molecule has 0 N–H and O–H groups in total. The van der Waals surface area contributed by atoms with Gasteiger partial charge < -0.3 is 4.74 Å². The summed E-state index contributed by atoms with van der Waals surface area (Å²) in [6.45, 7) is 10.9. The average Bonchev–Trinajstić information content (AvgIpc) is 2.56. The maximum Gasteiger partial charge on any atom is 0.329 e. The topological polar surface area (TPSA) is 46.6 Å². The Balaban J connectivity index is 2.37. The molecule has 1 unspecified atom stereocenters. The molecule has 4 nitrogen and oxygen atoms in total. The van der Waals surface area contributed by atoms with E-state index in [2.05, 4.69) is 0 Å². The van der Waals surface area contributed by atoms with E-state index in [4.69, 9.17) is 4.74 Å². The van der Waals surface area contributed by atoms with Gasteiger partial charge in [0, 0.05) is 5.69 Å². The number of carbonyl (C=O) groups excluding carboxylic acids is 2. The zero-order valence-electron chi connectivity index (χ0n) is 13.6. The molecule has 4 heteroatoms. The van der Waals surface area contributed by atoms with Crippen LogP contribution in [0.15, 0.2) is 24.3 Å². The quantitative estimate of drug-likeness (QED) is 0.786. The smallest absolute Gasteiger partial charge is 0.329 e. The number of anilines is 1. The zero-order valence-corrected chi connectivity index (χ0v) is 13.6.